The molecule has 2 rings (SSSR count). The summed E-state index contributed by atoms with van der Waals surface area (Å²) in [5.74, 6) is 0. The molecular formula is C25H38N2OS. The van der Waals surface area contributed by atoms with Crippen LogP contribution in [0.25, 0.3) is 0 Å². The molecule has 3 nitrogen and oxygen atoms in total. The summed E-state index contributed by atoms with van der Waals surface area (Å²) in [5.41, 5.74) is 4.63. The predicted octanol–water partition coefficient (Wildman–Crippen LogP) is 6.13. The molecule has 0 bridgehead atoms. The summed E-state index contributed by atoms with van der Waals surface area (Å²) in [6.07, 6.45) is 0.753. The van der Waals surface area contributed by atoms with Gasteiger partial charge < -0.3 is 15.0 Å². The van der Waals surface area contributed by atoms with Gasteiger partial charge in [-0.05, 0) is 35.8 Å². The van der Waals surface area contributed by atoms with Crippen LogP contribution in [0, 0.1) is 6.92 Å². The van der Waals surface area contributed by atoms with Gasteiger partial charge >= 0.3 is 0 Å². The lowest BCUT2D eigenvalue weighted by Gasteiger charge is -2.27. The van der Waals surface area contributed by atoms with E-state index in [1.807, 2.05) is 45.9 Å². The maximum absolute atomic E-state index is 5.62. The zero-order valence-corrected chi connectivity index (χ0v) is 19.8. The quantitative estimate of drug-likeness (QED) is 0.525. The average Bonchev–Trinajstić information content (AvgIpc) is 2.75. The van der Waals surface area contributed by atoms with Gasteiger partial charge in [-0.3, -0.25) is 0 Å². The number of thiocarbonyl (C=S) groups is 1. The zero-order valence-electron chi connectivity index (χ0n) is 19.0. The standard InChI is InChI=1S/C21H26N2OS.2C2H6/c1-17-9-7-8-12-20(17)16-23(13-14-24-3)21(25)22-18(2)15-19-10-5-4-6-11-19;2*1-2/h4-12H,2,13-16H2,1,3H3,(H,22,25);2*1-2H3. The van der Waals surface area contributed by atoms with Crippen LogP contribution in [0.5, 0.6) is 0 Å². The first-order chi connectivity index (χ1) is 14.1. The second-order valence-corrected chi connectivity index (χ2v) is 6.42. The van der Waals surface area contributed by atoms with Gasteiger partial charge in [0.1, 0.15) is 0 Å². The minimum atomic E-state index is 0.624. The van der Waals surface area contributed by atoms with Gasteiger partial charge in [0.05, 0.1) is 6.61 Å². The molecule has 29 heavy (non-hydrogen) atoms. The van der Waals surface area contributed by atoms with Crippen molar-refractivity contribution in [2.24, 2.45) is 0 Å². The number of benzene rings is 2. The fourth-order valence-corrected chi connectivity index (χ4v) is 2.86. The second-order valence-electron chi connectivity index (χ2n) is 6.04. The SMILES string of the molecule is C=C(Cc1ccccc1)NC(=S)N(CCOC)Cc1ccccc1C.CC.CC. The van der Waals surface area contributed by atoms with E-state index in [4.69, 9.17) is 17.0 Å². The van der Waals surface area contributed by atoms with Gasteiger partial charge in [-0.1, -0.05) is 88.9 Å². The van der Waals surface area contributed by atoms with Crippen LogP contribution >= 0.6 is 12.2 Å². The summed E-state index contributed by atoms with van der Waals surface area (Å²) in [6, 6.07) is 18.6. The Labute approximate surface area is 183 Å². The van der Waals surface area contributed by atoms with Crippen molar-refractivity contribution in [3.63, 3.8) is 0 Å². The molecule has 4 heteroatoms. The molecule has 0 aliphatic rings. The largest absolute Gasteiger partial charge is 0.383 e. The van der Waals surface area contributed by atoms with Crippen LogP contribution < -0.4 is 5.32 Å². The summed E-state index contributed by atoms with van der Waals surface area (Å²) in [7, 11) is 1.71. The van der Waals surface area contributed by atoms with Gasteiger partial charge in [0.25, 0.3) is 0 Å². The molecule has 0 heterocycles. The van der Waals surface area contributed by atoms with Crippen LogP contribution in [0.1, 0.15) is 44.4 Å². The molecule has 0 aliphatic heterocycles. The Bertz CT molecular complexity index is 701. The Balaban J connectivity index is 0.00000184. The Morgan fingerprint density at radius 2 is 1.59 bits per heavy atom. The third kappa shape index (κ3) is 10.8. The molecule has 1 N–H and O–H groups in total. The molecule has 160 valence electrons. The molecule has 2 aromatic rings. The van der Waals surface area contributed by atoms with Gasteiger partial charge in [0, 0.05) is 32.3 Å². The number of methoxy groups -OCH3 is 1. The molecular weight excluding hydrogens is 376 g/mol. The van der Waals surface area contributed by atoms with Gasteiger partial charge in [0.15, 0.2) is 5.11 Å². The first-order valence-electron chi connectivity index (χ1n) is 10.4. The van der Waals surface area contributed by atoms with E-state index < -0.39 is 0 Å². The number of aryl methyl sites for hydroxylation is 1. The summed E-state index contributed by atoms with van der Waals surface area (Å²) in [5, 5.41) is 3.97. The van der Waals surface area contributed by atoms with E-state index in [1.54, 1.807) is 7.11 Å². The van der Waals surface area contributed by atoms with E-state index >= 15 is 0 Å². The van der Waals surface area contributed by atoms with Crippen LogP contribution in [0.4, 0.5) is 0 Å². The Morgan fingerprint density at radius 1 is 1.00 bits per heavy atom. The Kier molecular flexibility index (Phi) is 15.5. The van der Waals surface area contributed by atoms with E-state index in [2.05, 4.69) is 60.1 Å². The summed E-state index contributed by atoms with van der Waals surface area (Å²) >= 11 is 5.62. The van der Waals surface area contributed by atoms with Crippen LogP contribution in [0.15, 0.2) is 66.9 Å². The van der Waals surface area contributed by atoms with E-state index in [1.165, 1.54) is 16.7 Å². The smallest absolute Gasteiger partial charge is 0.173 e. The van der Waals surface area contributed by atoms with Crippen molar-refractivity contribution in [1.82, 2.24) is 10.2 Å². The molecule has 0 amide bonds. The second kappa shape index (κ2) is 16.8. The maximum atomic E-state index is 5.62. The maximum Gasteiger partial charge on any atom is 0.173 e. The van der Waals surface area contributed by atoms with Crippen molar-refractivity contribution in [2.75, 3.05) is 20.3 Å². The lowest BCUT2D eigenvalue weighted by Crippen LogP contribution is -2.40. The summed E-state index contributed by atoms with van der Waals surface area (Å²) in [4.78, 5) is 2.12. The summed E-state index contributed by atoms with van der Waals surface area (Å²) in [6.45, 7) is 16.3. The predicted molar refractivity (Wildman–Crippen MR) is 131 cm³/mol. The van der Waals surface area contributed by atoms with Crippen molar-refractivity contribution in [2.45, 2.75) is 47.6 Å². The van der Waals surface area contributed by atoms with E-state index in [-0.39, 0.29) is 0 Å². The highest BCUT2D eigenvalue weighted by molar-refractivity contribution is 7.80. The Morgan fingerprint density at radius 3 is 2.17 bits per heavy atom. The van der Waals surface area contributed by atoms with Crippen LogP contribution in [-0.2, 0) is 17.7 Å². The van der Waals surface area contributed by atoms with Gasteiger partial charge in [-0.2, -0.15) is 0 Å². The first kappa shape index (κ1) is 26.8. The highest BCUT2D eigenvalue weighted by Gasteiger charge is 2.12. The number of hydrogen-bond donors (Lipinski definition) is 1. The zero-order chi connectivity index (χ0) is 22.1. The minimum Gasteiger partial charge on any atom is -0.383 e. The third-order valence-electron chi connectivity index (χ3n) is 4.02. The molecule has 0 radical (unpaired) electrons. The van der Waals surface area contributed by atoms with Crippen molar-refractivity contribution in [3.8, 4) is 0 Å². The fraction of sp³-hybridized carbons (Fsp3) is 0.400. The molecule has 2 aromatic carbocycles. The van der Waals surface area contributed by atoms with Crippen molar-refractivity contribution < 1.29 is 4.74 Å². The van der Waals surface area contributed by atoms with Gasteiger partial charge in [-0.15, -0.1) is 0 Å². The fourth-order valence-electron chi connectivity index (χ4n) is 2.56. The molecule has 0 saturated heterocycles. The van der Waals surface area contributed by atoms with Crippen molar-refractivity contribution in [3.05, 3.63) is 83.6 Å². The van der Waals surface area contributed by atoms with E-state index in [9.17, 15) is 0 Å². The average molecular weight is 415 g/mol. The molecule has 0 aromatic heterocycles. The number of ether oxygens (including phenoxy) is 1. The normalized spacial score (nSPS) is 9.31. The number of rotatable bonds is 8. The monoisotopic (exact) mass is 414 g/mol. The number of nitrogens with zero attached hydrogens (tertiary/aromatic N) is 1. The molecule has 0 unspecified atom stereocenters. The van der Waals surface area contributed by atoms with E-state index in [0.29, 0.717) is 11.7 Å². The highest BCUT2D eigenvalue weighted by Crippen LogP contribution is 2.12. The van der Waals surface area contributed by atoms with Crippen molar-refractivity contribution >= 4 is 17.3 Å². The van der Waals surface area contributed by atoms with Gasteiger partial charge in [0.2, 0.25) is 0 Å². The molecule has 0 aliphatic carbocycles. The first-order valence-corrected chi connectivity index (χ1v) is 10.8. The van der Waals surface area contributed by atoms with Crippen LogP contribution in [0.2, 0.25) is 0 Å². The Hall–Kier alpha value is -2.17. The van der Waals surface area contributed by atoms with Crippen LogP contribution in [0.3, 0.4) is 0 Å². The molecule has 0 fully saturated rings. The highest BCUT2D eigenvalue weighted by atomic mass is 32.1. The third-order valence-corrected chi connectivity index (χ3v) is 4.38. The number of allylic oxidation sites excluding steroid dienone is 1. The van der Waals surface area contributed by atoms with E-state index in [0.717, 1.165) is 25.2 Å². The number of hydrogen-bond acceptors (Lipinski definition) is 2. The van der Waals surface area contributed by atoms with Gasteiger partial charge in [-0.25, -0.2) is 0 Å². The molecule has 0 spiro atoms. The minimum absolute atomic E-state index is 0.624. The summed E-state index contributed by atoms with van der Waals surface area (Å²) < 4.78 is 5.24. The van der Waals surface area contributed by atoms with Crippen molar-refractivity contribution in [1.29, 1.82) is 0 Å². The molecule has 0 atom stereocenters. The topological polar surface area (TPSA) is 24.5 Å². The number of nitrogens with one attached hydrogen (secondary N) is 1. The lowest BCUT2D eigenvalue weighted by molar-refractivity contribution is 0.174. The molecule has 0 saturated carbocycles. The lowest BCUT2D eigenvalue weighted by atomic mass is 10.1. The van der Waals surface area contributed by atoms with Crippen LogP contribution in [-0.4, -0.2) is 30.3 Å².